The van der Waals surface area contributed by atoms with Gasteiger partial charge in [-0.2, -0.15) is 10.4 Å². The predicted molar refractivity (Wildman–Crippen MR) is 145 cm³/mol. The number of nitrogens with zero attached hydrogens (tertiary/aromatic N) is 4. The van der Waals surface area contributed by atoms with E-state index in [1.807, 2.05) is 66.9 Å². The summed E-state index contributed by atoms with van der Waals surface area (Å²) < 4.78 is 7.69. The van der Waals surface area contributed by atoms with Crippen LogP contribution in [0.2, 0.25) is 0 Å². The van der Waals surface area contributed by atoms with E-state index < -0.39 is 0 Å². The van der Waals surface area contributed by atoms with Gasteiger partial charge in [-0.05, 0) is 48.9 Å². The van der Waals surface area contributed by atoms with E-state index in [9.17, 15) is 10.1 Å². The maximum absolute atomic E-state index is 12.6. The summed E-state index contributed by atoms with van der Waals surface area (Å²) in [7, 11) is 0. The van der Waals surface area contributed by atoms with E-state index in [2.05, 4.69) is 23.0 Å². The molecule has 0 aliphatic carbocycles. The molecule has 5 aromatic rings. The minimum absolute atomic E-state index is 0.210. The van der Waals surface area contributed by atoms with E-state index in [0.29, 0.717) is 28.8 Å². The first-order valence-corrected chi connectivity index (χ1v) is 12.2. The lowest BCUT2D eigenvalue weighted by Gasteiger charge is -2.07. The second kappa shape index (κ2) is 10.8. The van der Waals surface area contributed by atoms with Gasteiger partial charge in [-0.15, -0.1) is 0 Å². The number of unbranched alkanes of at least 4 members (excludes halogenated alkanes) is 1. The maximum atomic E-state index is 12.6. The van der Waals surface area contributed by atoms with Gasteiger partial charge in [0.1, 0.15) is 17.5 Å². The molecule has 0 fully saturated rings. The van der Waals surface area contributed by atoms with Crippen molar-refractivity contribution in [2.75, 3.05) is 6.61 Å². The SMILES string of the molecule is CCCCOc1cccc(-c2nn(-c3ccccc3)cc2/C=C(/C#N)c2nc3ccccc3c(=O)[nH]2)c1. The Labute approximate surface area is 214 Å². The zero-order valence-corrected chi connectivity index (χ0v) is 20.4. The van der Waals surface area contributed by atoms with Crippen LogP contribution in [-0.2, 0) is 0 Å². The molecule has 0 aliphatic rings. The third kappa shape index (κ3) is 5.19. The quantitative estimate of drug-likeness (QED) is 0.213. The van der Waals surface area contributed by atoms with Crippen LogP contribution in [0.15, 0.2) is 89.9 Å². The Bertz CT molecular complexity index is 1680. The molecule has 0 atom stereocenters. The maximum Gasteiger partial charge on any atom is 0.259 e. The van der Waals surface area contributed by atoms with Gasteiger partial charge >= 0.3 is 0 Å². The Morgan fingerprint density at radius 2 is 1.89 bits per heavy atom. The minimum atomic E-state index is -0.293. The molecule has 0 unspecified atom stereocenters. The number of aromatic amines is 1. The van der Waals surface area contributed by atoms with Gasteiger partial charge in [-0.1, -0.05) is 55.8 Å². The molecule has 2 heterocycles. The highest BCUT2D eigenvalue weighted by Crippen LogP contribution is 2.29. The molecule has 0 radical (unpaired) electrons. The number of hydrogen-bond acceptors (Lipinski definition) is 5. The summed E-state index contributed by atoms with van der Waals surface area (Å²) in [6, 6.07) is 26.8. The fourth-order valence-electron chi connectivity index (χ4n) is 4.02. The number of H-pyrrole nitrogens is 1. The smallest absolute Gasteiger partial charge is 0.259 e. The second-order valence-electron chi connectivity index (χ2n) is 8.54. The summed E-state index contributed by atoms with van der Waals surface area (Å²) >= 11 is 0. The third-order valence-electron chi connectivity index (χ3n) is 5.93. The van der Waals surface area contributed by atoms with Gasteiger partial charge in [0, 0.05) is 17.3 Å². The molecule has 0 saturated heterocycles. The number of nitrogens with one attached hydrogen (secondary N) is 1. The van der Waals surface area contributed by atoms with Crippen LogP contribution >= 0.6 is 0 Å². The lowest BCUT2D eigenvalue weighted by Crippen LogP contribution is -2.11. The summed E-state index contributed by atoms with van der Waals surface area (Å²) in [5.41, 5.74) is 3.59. The Morgan fingerprint density at radius 1 is 1.08 bits per heavy atom. The van der Waals surface area contributed by atoms with Crippen LogP contribution in [0.3, 0.4) is 0 Å². The molecule has 2 aromatic heterocycles. The van der Waals surface area contributed by atoms with E-state index in [0.717, 1.165) is 29.8 Å². The fraction of sp³-hybridized carbons (Fsp3) is 0.133. The molecule has 0 spiro atoms. The van der Waals surface area contributed by atoms with Crippen LogP contribution in [-0.4, -0.2) is 26.4 Å². The molecular formula is C30H25N5O2. The van der Waals surface area contributed by atoms with Crippen molar-refractivity contribution in [1.29, 1.82) is 5.26 Å². The molecule has 7 heteroatoms. The van der Waals surface area contributed by atoms with Crippen molar-refractivity contribution in [3.8, 4) is 28.8 Å². The van der Waals surface area contributed by atoms with Gasteiger partial charge in [0.15, 0.2) is 5.82 Å². The molecular weight excluding hydrogens is 462 g/mol. The fourth-order valence-corrected chi connectivity index (χ4v) is 4.02. The topological polar surface area (TPSA) is 96.6 Å². The number of aromatic nitrogens is 4. The van der Waals surface area contributed by atoms with Crippen molar-refractivity contribution in [2.24, 2.45) is 0 Å². The molecule has 182 valence electrons. The Hall–Kier alpha value is -4.96. The van der Waals surface area contributed by atoms with Crippen LogP contribution < -0.4 is 10.3 Å². The van der Waals surface area contributed by atoms with Gasteiger partial charge in [-0.25, -0.2) is 9.67 Å². The monoisotopic (exact) mass is 487 g/mol. The van der Waals surface area contributed by atoms with Gasteiger partial charge in [0.25, 0.3) is 5.56 Å². The molecule has 0 bridgehead atoms. The second-order valence-corrected chi connectivity index (χ2v) is 8.54. The summed E-state index contributed by atoms with van der Waals surface area (Å²) in [6.07, 6.45) is 5.60. The molecule has 1 N–H and O–H groups in total. The van der Waals surface area contributed by atoms with E-state index in [-0.39, 0.29) is 17.0 Å². The number of fused-ring (bicyclic) bond motifs is 1. The van der Waals surface area contributed by atoms with Gasteiger partial charge < -0.3 is 9.72 Å². The third-order valence-corrected chi connectivity index (χ3v) is 5.93. The number of nitriles is 1. The molecule has 0 saturated carbocycles. The zero-order chi connectivity index (χ0) is 25.6. The number of para-hydroxylation sites is 2. The highest BCUT2D eigenvalue weighted by atomic mass is 16.5. The molecule has 5 rings (SSSR count). The number of ether oxygens (including phenoxy) is 1. The number of benzene rings is 3. The standard InChI is InChI=1S/C30H25N5O2/c1-2-3-16-37-25-13-9-10-21(18-25)28-23(20-35(34-28)24-11-5-4-6-12-24)17-22(19-31)29-32-27-15-8-7-14-26(27)30(36)33-29/h4-15,17-18,20H,2-3,16H2,1H3,(H,32,33,36)/b22-17-. The van der Waals surface area contributed by atoms with Crippen LogP contribution in [0, 0.1) is 11.3 Å². The lowest BCUT2D eigenvalue weighted by atomic mass is 10.1. The van der Waals surface area contributed by atoms with Gasteiger partial charge in [-0.3, -0.25) is 4.79 Å². The number of allylic oxidation sites excluding steroid dienone is 1. The van der Waals surface area contributed by atoms with Crippen LogP contribution in [0.1, 0.15) is 31.2 Å². The first-order chi connectivity index (χ1) is 18.2. The highest BCUT2D eigenvalue weighted by Gasteiger charge is 2.15. The molecule has 7 nitrogen and oxygen atoms in total. The first kappa shape index (κ1) is 23.8. The average molecular weight is 488 g/mol. The van der Waals surface area contributed by atoms with Gasteiger partial charge in [0.2, 0.25) is 0 Å². The molecule has 0 amide bonds. The Balaban J connectivity index is 1.63. The highest BCUT2D eigenvalue weighted by molar-refractivity contribution is 5.91. The van der Waals surface area contributed by atoms with E-state index >= 15 is 0 Å². The van der Waals surface area contributed by atoms with Gasteiger partial charge in [0.05, 0.1) is 28.8 Å². The zero-order valence-electron chi connectivity index (χ0n) is 20.4. The van der Waals surface area contributed by atoms with Crippen molar-refractivity contribution in [1.82, 2.24) is 19.7 Å². The van der Waals surface area contributed by atoms with E-state index in [1.54, 1.807) is 29.0 Å². The van der Waals surface area contributed by atoms with Crippen LogP contribution in [0.4, 0.5) is 0 Å². The largest absolute Gasteiger partial charge is 0.494 e. The average Bonchev–Trinajstić information content (AvgIpc) is 3.36. The Morgan fingerprint density at radius 3 is 2.70 bits per heavy atom. The Kier molecular flexibility index (Phi) is 6.91. The molecule has 37 heavy (non-hydrogen) atoms. The summed E-state index contributed by atoms with van der Waals surface area (Å²) in [6.45, 7) is 2.77. The first-order valence-electron chi connectivity index (χ1n) is 12.2. The summed E-state index contributed by atoms with van der Waals surface area (Å²) in [4.78, 5) is 19.9. The van der Waals surface area contributed by atoms with Crippen molar-refractivity contribution in [3.63, 3.8) is 0 Å². The van der Waals surface area contributed by atoms with Crippen LogP contribution in [0.25, 0.3) is 39.5 Å². The van der Waals surface area contributed by atoms with Crippen molar-refractivity contribution in [3.05, 3.63) is 107 Å². The lowest BCUT2D eigenvalue weighted by molar-refractivity contribution is 0.309. The van der Waals surface area contributed by atoms with Crippen LogP contribution in [0.5, 0.6) is 5.75 Å². The minimum Gasteiger partial charge on any atom is -0.494 e. The normalized spacial score (nSPS) is 11.4. The molecule has 0 aliphatic heterocycles. The van der Waals surface area contributed by atoms with Crippen molar-refractivity contribution < 1.29 is 4.74 Å². The van der Waals surface area contributed by atoms with Crippen molar-refractivity contribution in [2.45, 2.75) is 19.8 Å². The molecule has 3 aromatic carbocycles. The number of hydrogen-bond donors (Lipinski definition) is 1. The number of rotatable bonds is 8. The summed E-state index contributed by atoms with van der Waals surface area (Å²) in [5, 5.41) is 15.4. The van der Waals surface area contributed by atoms with E-state index in [1.165, 1.54) is 0 Å². The summed E-state index contributed by atoms with van der Waals surface area (Å²) in [5.74, 6) is 0.970. The van der Waals surface area contributed by atoms with E-state index in [4.69, 9.17) is 9.84 Å². The van der Waals surface area contributed by atoms with Crippen molar-refractivity contribution >= 4 is 22.6 Å². The predicted octanol–water partition coefficient (Wildman–Crippen LogP) is 6.02.